The van der Waals surface area contributed by atoms with Crippen LogP contribution in [0.5, 0.6) is 0 Å². The minimum absolute atomic E-state index is 0.217. The van der Waals surface area contributed by atoms with Crippen molar-refractivity contribution in [2.24, 2.45) is 0 Å². The van der Waals surface area contributed by atoms with Crippen LogP contribution in [0.1, 0.15) is 61.9 Å². The van der Waals surface area contributed by atoms with Crippen LogP contribution in [-0.4, -0.2) is 12.6 Å². The van der Waals surface area contributed by atoms with Gasteiger partial charge in [-0.1, -0.05) is 44.7 Å². The van der Waals surface area contributed by atoms with Gasteiger partial charge < -0.3 is 4.74 Å². The van der Waals surface area contributed by atoms with E-state index in [4.69, 9.17) is 4.74 Å². The van der Waals surface area contributed by atoms with Crippen LogP contribution in [0.2, 0.25) is 0 Å². The average Bonchev–Trinajstić information content (AvgIpc) is 2.39. The van der Waals surface area contributed by atoms with Crippen molar-refractivity contribution in [1.29, 1.82) is 0 Å². The van der Waals surface area contributed by atoms with Gasteiger partial charge in [0.1, 0.15) is 0 Å². The Morgan fingerprint density at radius 1 is 1.11 bits per heavy atom. The summed E-state index contributed by atoms with van der Waals surface area (Å²) in [6.07, 6.45) is 7.44. The van der Waals surface area contributed by atoms with E-state index in [0.29, 0.717) is 12.2 Å². The molecule has 0 aliphatic heterocycles. The van der Waals surface area contributed by atoms with Gasteiger partial charge in [0.15, 0.2) is 0 Å². The number of unbranched alkanes of at least 4 members (excludes halogenated alkanes) is 4. The normalized spacial score (nSPS) is 10.3. The molecular weight excluding hydrogens is 224 g/mol. The zero-order valence-electron chi connectivity index (χ0n) is 11.6. The lowest BCUT2D eigenvalue weighted by Crippen LogP contribution is -2.04. The topological polar surface area (TPSA) is 26.3 Å². The summed E-state index contributed by atoms with van der Waals surface area (Å²) in [6.45, 7) is 4.48. The van der Waals surface area contributed by atoms with Gasteiger partial charge in [-0.2, -0.15) is 0 Å². The molecule has 0 unspecified atom stereocenters. The van der Waals surface area contributed by atoms with E-state index in [1.165, 1.54) is 37.7 Å². The fourth-order valence-corrected chi connectivity index (χ4v) is 2.00. The molecule has 1 aromatic carbocycles. The Bertz CT molecular complexity index is 358. The molecule has 0 atom stereocenters. The largest absolute Gasteiger partial charge is 0.462 e. The molecule has 0 N–H and O–H groups in total. The minimum atomic E-state index is -0.217. The molecule has 1 rings (SSSR count). The third kappa shape index (κ3) is 5.35. The molecule has 2 heteroatoms. The number of benzene rings is 1. The van der Waals surface area contributed by atoms with Gasteiger partial charge >= 0.3 is 5.97 Å². The second-order valence-electron chi connectivity index (χ2n) is 4.59. The highest BCUT2D eigenvalue weighted by molar-refractivity contribution is 5.89. The summed E-state index contributed by atoms with van der Waals surface area (Å²) in [4.78, 5) is 11.6. The maximum atomic E-state index is 11.6. The van der Waals surface area contributed by atoms with Crippen molar-refractivity contribution in [1.82, 2.24) is 0 Å². The molecular formula is C16H24O2. The number of hydrogen-bond donors (Lipinski definition) is 0. The van der Waals surface area contributed by atoms with E-state index in [1.54, 1.807) is 0 Å². The third-order valence-corrected chi connectivity index (χ3v) is 3.01. The van der Waals surface area contributed by atoms with Crippen LogP contribution in [0, 0.1) is 0 Å². The first-order chi connectivity index (χ1) is 8.77. The van der Waals surface area contributed by atoms with Crippen LogP contribution >= 0.6 is 0 Å². The Kier molecular flexibility index (Phi) is 7.16. The van der Waals surface area contributed by atoms with Crippen molar-refractivity contribution < 1.29 is 9.53 Å². The van der Waals surface area contributed by atoms with Crippen molar-refractivity contribution in [3.8, 4) is 0 Å². The van der Waals surface area contributed by atoms with Crippen LogP contribution in [0.15, 0.2) is 24.3 Å². The highest BCUT2D eigenvalue weighted by Gasteiger charge is 2.06. The number of carbonyl (C=O) groups is 1. The fraction of sp³-hybridized carbons (Fsp3) is 0.562. The third-order valence-electron chi connectivity index (χ3n) is 3.01. The molecule has 0 aliphatic carbocycles. The first kappa shape index (κ1) is 14.7. The van der Waals surface area contributed by atoms with Crippen molar-refractivity contribution in [2.45, 2.75) is 52.4 Å². The maximum Gasteiger partial charge on any atom is 0.338 e. The maximum absolute atomic E-state index is 11.6. The average molecular weight is 248 g/mol. The molecule has 0 spiro atoms. The Labute approximate surface area is 110 Å². The van der Waals surface area contributed by atoms with Crippen LogP contribution in [0.3, 0.4) is 0 Å². The monoisotopic (exact) mass is 248 g/mol. The Morgan fingerprint density at radius 3 is 2.61 bits per heavy atom. The van der Waals surface area contributed by atoms with Crippen LogP contribution in [0.25, 0.3) is 0 Å². The smallest absolute Gasteiger partial charge is 0.338 e. The fourth-order valence-electron chi connectivity index (χ4n) is 2.00. The SMILES string of the molecule is CCCCCCCc1cccc(C(=O)OCC)c1. The molecule has 18 heavy (non-hydrogen) atoms. The van der Waals surface area contributed by atoms with E-state index >= 15 is 0 Å². The van der Waals surface area contributed by atoms with Crippen molar-refractivity contribution in [2.75, 3.05) is 6.61 Å². The summed E-state index contributed by atoms with van der Waals surface area (Å²) in [5, 5.41) is 0. The molecule has 0 fully saturated rings. The highest BCUT2D eigenvalue weighted by atomic mass is 16.5. The predicted octanol–water partition coefficient (Wildman–Crippen LogP) is 4.38. The summed E-state index contributed by atoms with van der Waals surface area (Å²) in [5.74, 6) is -0.217. The number of aryl methyl sites for hydroxylation is 1. The molecule has 2 nitrogen and oxygen atoms in total. The summed E-state index contributed by atoms with van der Waals surface area (Å²) < 4.78 is 5.00. The lowest BCUT2D eigenvalue weighted by Gasteiger charge is -2.05. The standard InChI is InChI=1S/C16H24O2/c1-3-5-6-7-8-10-14-11-9-12-15(13-14)16(17)18-4-2/h9,11-13H,3-8,10H2,1-2H3. The second kappa shape index (κ2) is 8.73. The minimum Gasteiger partial charge on any atom is -0.462 e. The first-order valence-electron chi connectivity index (χ1n) is 7.04. The molecule has 0 aliphatic rings. The van der Waals surface area contributed by atoms with Gasteiger partial charge in [0, 0.05) is 0 Å². The molecule has 0 saturated carbocycles. The molecule has 0 aromatic heterocycles. The van der Waals surface area contributed by atoms with Crippen molar-refractivity contribution in [3.63, 3.8) is 0 Å². The molecule has 100 valence electrons. The van der Waals surface area contributed by atoms with E-state index in [0.717, 1.165) is 6.42 Å². The number of rotatable bonds is 8. The van der Waals surface area contributed by atoms with E-state index < -0.39 is 0 Å². The van der Waals surface area contributed by atoms with Gasteiger partial charge in [-0.15, -0.1) is 0 Å². The van der Waals surface area contributed by atoms with Gasteiger partial charge in [-0.25, -0.2) is 4.79 Å². The quantitative estimate of drug-likeness (QED) is 0.504. The molecule has 0 radical (unpaired) electrons. The molecule has 0 amide bonds. The van der Waals surface area contributed by atoms with Gasteiger partial charge in [-0.3, -0.25) is 0 Å². The molecule has 0 heterocycles. The zero-order valence-corrected chi connectivity index (χ0v) is 11.6. The van der Waals surface area contributed by atoms with Gasteiger partial charge in [0.05, 0.1) is 12.2 Å². The van der Waals surface area contributed by atoms with Crippen LogP contribution in [0.4, 0.5) is 0 Å². The van der Waals surface area contributed by atoms with E-state index in [9.17, 15) is 4.79 Å². The van der Waals surface area contributed by atoms with Crippen molar-refractivity contribution in [3.05, 3.63) is 35.4 Å². The predicted molar refractivity (Wildman–Crippen MR) is 74.9 cm³/mol. The summed E-state index contributed by atoms with van der Waals surface area (Å²) >= 11 is 0. The van der Waals surface area contributed by atoms with Crippen LogP contribution in [-0.2, 0) is 11.2 Å². The number of ether oxygens (including phenoxy) is 1. The van der Waals surface area contributed by atoms with E-state index in [1.807, 2.05) is 25.1 Å². The summed E-state index contributed by atoms with van der Waals surface area (Å²) in [7, 11) is 0. The molecule has 0 bridgehead atoms. The number of esters is 1. The summed E-state index contributed by atoms with van der Waals surface area (Å²) in [6, 6.07) is 7.80. The first-order valence-corrected chi connectivity index (χ1v) is 7.04. The number of carbonyl (C=O) groups excluding carboxylic acids is 1. The Morgan fingerprint density at radius 2 is 1.89 bits per heavy atom. The lowest BCUT2D eigenvalue weighted by molar-refractivity contribution is 0.0526. The van der Waals surface area contributed by atoms with E-state index in [2.05, 4.69) is 13.0 Å². The van der Waals surface area contributed by atoms with Crippen LogP contribution < -0.4 is 0 Å². The molecule has 0 saturated heterocycles. The Balaban J connectivity index is 2.42. The number of hydrogen-bond acceptors (Lipinski definition) is 2. The molecule has 1 aromatic rings. The van der Waals surface area contributed by atoms with Gasteiger partial charge in [-0.05, 0) is 37.5 Å². The summed E-state index contributed by atoms with van der Waals surface area (Å²) in [5.41, 5.74) is 1.90. The van der Waals surface area contributed by atoms with E-state index in [-0.39, 0.29) is 5.97 Å². The van der Waals surface area contributed by atoms with Gasteiger partial charge in [0.25, 0.3) is 0 Å². The zero-order chi connectivity index (χ0) is 13.2. The lowest BCUT2D eigenvalue weighted by atomic mass is 10.0. The highest BCUT2D eigenvalue weighted by Crippen LogP contribution is 2.11. The second-order valence-corrected chi connectivity index (χ2v) is 4.59. The Hall–Kier alpha value is -1.31. The van der Waals surface area contributed by atoms with Crippen molar-refractivity contribution >= 4 is 5.97 Å². The van der Waals surface area contributed by atoms with Gasteiger partial charge in [0.2, 0.25) is 0 Å².